The van der Waals surface area contributed by atoms with E-state index in [1.165, 1.54) is 0 Å². The molecule has 0 aliphatic carbocycles. The molecule has 0 bridgehead atoms. The number of aliphatic carboxylic acids is 2. The number of carbonyl (C=O) groups excluding carboxylic acids is 4. The van der Waals surface area contributed by atoms with Gasteiger partial charge in [-0.15, -0.1) is 0 Å². The van der Waals surface area contributed by atoms with Gasteiger partial charge in [0, 0.05) is 38.9 Å². The van der Waals surface area contributed by atoms with Crippen LogP contribution in [0.4, 0.5) is 0 Å². The first-order valence-electron chi connectivity index (χ1n) is 16.5. The molecule has 0 aromatic carbocycles. The standard InChI is InChI=1S/C31H55IN4O11/c32-23-28(39)34-16-18-45-19-17-35-29(40)24-47-22-21-46-20-15-33-26(37)14-13-25(31(43)44)36-27(38)11-9-7-5-3-1-2-4-6-8-10-12-30(41)42/h25H,1-24H2,(H,33,37)(H,34,39)(H,35,40)(H,36,38)(H,41,42)(H,43,44)/t25-/m1/s1. The summed E-state index contributed by atoms with van der Waals surface area (Å²) in [6, 6.07) is -1.14. The van der Waals surface area contributed by atoms with Crippen LogP contribution in [0.5, 0.6) is 0 Å². The van der Waals surface area contributed by atoms with Crippen molar-refractivity contribution in [2.45, 2.75) is 95.9 Å². The molecule has 0 aromatic rings. The lowest BCUT2D eigenvalue weighted by molar-refractivity contribution is -0.142. The Morgan fingerprint density at radius 2 is 1.00 bits per heavy atom. The summed E-state index contributed by atoms with van der Waals surface area (Å²) >= 11 is 1.97. The third kappa shape index (κ3) is 31.8. The number of alkyl halides is 1. The Morgan fingerprint density at radius 1 is 0.532 bits per heavy atom. The molecule has 1 atom stereocenters. The van der Waals surface area contributed by atoms with E-state index in [2.05, 4.69) is 21.3 Å². The molecule has 0 unspecified atom stereocenters. The van der Waals surface area contributed by atoms with Gasteiger partial charge >= 0.3 is 11.9 Å². The van der Waals surface area contributed by atoms with E-state index >= 15 is 0 Å². The monoisotopic (exact) mass is 786 g/mol. The summed E-state index contributed by atoms with van der Waals surface area (Å²) in [5.74, 6) is -2.97. The number of carboxylic acid groups (broad SMARTS) is 2. The highest BCUT2D eigenvalue weighted by atomic mass is 127. The van der Waals surface area contributed by atoms with E-state index in [1.54, 1.807) is 0 Å². The highest BCUT2D eigenvalue weighted by molar-refractivity contribution is 14.1. The molecule has 0 aromatic heterocycles. The van der Waals surface area contributed by atoms with Gasteiger partial charge in [0.1, 0.15) is 12.6 Å². The number of rotatable bonds is 33. The molecule has 6 N–H and O–H groups in total. The van der Waals surface area contributed by atoms with Crippen LogP contribution in [-0.2, 0) is 43.0 Å². The summed E-state index contributed by atoms with van der Waals surface area (Å²) in [5.41, 5.74) is 0. The van der Waals surface area contributed by atoms with Crippen LogP contribution in [0.15, 0.2) is 0 Å². The van der Waals surface area contributed by atoms with Crippen molar-refractivity contribution in [1.29, 1.82) is 0 Å². The molecule has 4 amide bonds. The number of carboxylic acids is 2. The quantitative estimate of drug-likeness (QED) is 0.0321. The largest absolute Gasteiger partial charge is 0.481 e. The molecule has 272 valence electrons. The summed E-state index contributed by atoms with van der Waals surface area (Å²) in [6.07, 6.45) is 10.1. The molecule has 0 fully saturated rings. The van der Waals surface area contributed by atoms with Crippen LogP contribution in [0.1, 0.15) is 89.9 Å². The van der Waals surface area contributed by atoms with Crippen LogP contribution in [0.3, 0.4) is 0 Å². The van der Waals surface area contributed by atoms with Crippen molar-refractivity contribution in [2.24, 2.45) is 0 Å². The third-order valence-electron chi connectivity index (χ3n) is 6.77. The normalized spacial score (nSPS) is 11.4. The molecule has 16 heteroatoms. The zero-order valence-electron chi connectivity index (χ0n) is 27.5. The van der Waals surface area contributed by atoms with E-state index in [4.69, 9.17) is 19.3 Å². The van der Waals surface area contributed by atoms with E-state index in [9.17, 15) is 33.9 Å². The lowest BCUT2D eigenvalue weighted by atomic mass is 10.0. The highest BCUT2D eigenvalue weighted by Gasteiger charge is 2.20. The second-order valence-corrected chi connectivity index (χ2v) is 11.6. The average Bonchev–Trinajstić information content (AvgIpc) is 3.03. The lowest BCUT2D eigenvalue weighted by Crippen LogP contribution is -2.41. The molecule has 47 heavy (non-hydrogen) atoms. The zero-order valence-corrected chi connectivity index (χ0v) is 29.7. The summed E-state index contributed by atoms with van der Waals surface area (Å²) in [7, 11) is 0. The summed E-state index contributed by atoms with van der Waals surface area (Å²) < 4.78 is 16.3. The predicted molar refractivity (Wildman–Crippen MR) is 182 cm³/mol. The average molecular weight is 787 g/mol. The fourth-order valence-electron chi connectivity index (χ4n) is 4.24. The lowest BCUT2D eigenvalue weighted by Gasteiger charge is -2.14. The van der Waals surface area contributed by atoms with Crippen molar-refractivity contribution in [3.05, 3.63) is 0 Å². The molecule has 0 rings (SSSR count). The van der Waals surface area contributed by atoms with Gasteiger partial charge in [-0.3, -0.25) is 24.0 Å². The Balaban J connectivity index is 3.71. The maximum absolute atomic E-state index is 12.2. The number of halogens is 1. The number of unbranched alkanes of at least 4 members (excludes halogenated alkanes) is 9. The van der Waals surface area contributed by atoms with Crippen molar-refractivity contribution in [1.82, 2.24) is 21.3 Å². The van der Waals surface area contributed by atoms with Crippen molar-refractivity contribution < 1.29 is 53.2 Å². The van der Waals surface area contributed by atoms with Crippen LogP contribution in [0, 0.1) is 0 Å². The molecule has 0 heterocycles. The van der Waals surface area contributed by atoms with Gasteiger partial charge in [-0.2, -0.15) is 0 Å². The molecular formula is C31H55IN4O11. The topological polar surface area (TPSA) is 219 Å². The first kappa shape index (κ1) is 44.4. The molecule has 0 aliphatic heterocycles. The summed E-state index contributed by atoms with van der Waals surface area (Å²) in [5, 5.41) is 28.5. The fraction of sp³-hybridized carbons (Fsp3) is 0.806. The minimum Gasteiger partial charge on any atom is -0.481 e. The smallest absolute Gasteiger partial charge is 0.326 e. The number of hydrogen-bond donors (Lipinski definition) is 6. The number of carbonyl (C=O) groups is 6. The van der Waals surface area contributed by atoms with Crippen molar-refractivity contribution in [2.75, 3.05) is 63.7 Å². The van der Waals surface area contributed by atoms with Crippen LogP contribution < -0.4 is 21.3 Å². The van der Waals surface area contributed by atoms with E-state index in [0.717, 1.165) is 57.8 Å². The number of nitrogens with one attached hydrogen (secondary N) is 4. The maximum Gasteiger partial charge on any atom is 0.326 e. The SMILES string of the molecule is O=C(O)CCCCCCCCCCCCC(=O)N[C@H](CCC(=O)NCCOCCOCC(=O)NCCOCCNC(=O)CI)C(=O)O. The Bertz CT molecular complexity index is 896. The van der Waals surface area contributed by atoms with Crippen molar-refractivity contribution in [3.8, 4) is 0 Å². The Kier molecular flexibility index (Phi) is 30.3. The van der Waals surface area contributed by atoms with Crippen LogP contribution in [0.2, 0.25) is 0 Å². The van der Waals surface area contributed by atoms with E-state index < -0.39 is 18.0 Å². The summed E-state index contributed by atoms with van der Waals surface area (Å²) in [4.78, 5) is 69.1. The van der Waals surface area contributed by atoms with Gasteiger partial charge in [0.25, 0.3) is 0 Å². The zero-order chi connectivity index (χ0) is 35.0. The first-order valence-corrected chi connectivity index (χ1v) is 18.0. The number of hydrogen-bond acceptors (Lipinski definition) is 9. The van der Waals surface area contributed by atoms with E-state index in [0.29, 0.717) is 37.2 Å². The first-order chi connectivity index (χ1) is 22.6. The molecular weight excluding hydrogens is 731 g/mol. The van der Waals surface area contributed by atoms with Crippen molar-refractivity contribution >= 4 is 58.2 Å². The van der Waals surface area contributed by atoms with E-state index in [-0.39, 0.29) is 82.3 Å². The number of ether oxygens (including phenoxy) is 3. The minimum absolute atomic E-state index is 0.0248. The highest BCUT2D eigenvalue weighted by Crippen LogP contribution is 2.12. The van der Waals surface area contributed by atoms with Gasteiger partial charge < -0.3 is 45.7 Å². The Morgan fingerprint density at radius 3 is 1.53 bits per heavy atom. The van der Waals surface area contributed by atoms with Gasteiger partial charge in [-0.05, 0) is 19.3 Å². The molecule has 0 spiro atoms. The number of amides is 4. The van der Waals surface area contributed by atoms with Gasteiger partial charge in [0.05, 0.1) is 37.5 Å². The summed E-state index contributed by atoms with van der Waals surface area (Å²) in [6.45, 7) is 2.12. The fourth-order valence-corrected chi connectivity index (χ4v) is 4.51. The molecule has 0 radical (unpaired) electrons. The van der Waals surface area contributed by atoms with Crippen LogP contribution in [0.25, 0.3) is 0 Å². The Labute approximate surface area is 291 Å². The second kappa shape index (κ2) is 32.0. The molecule has 0 aliphatic rings. The van der Waals surface area contributed by atoms with Crippen LogP contribution >= 0.6 is 22.6 Å². The van der Waals surface area contributed by atoms with Gasteiger partial charge in [0.2, 0.25) is 23.6 Å². The van der Waals surface area contributed by atoms with Crippen molar-refractivity contribution in [3.63, 3.8) is 0 Å². The maximum atomic E-state index is 12.2. The van der Waals surface area contributed by atoms with E-state index in [1.807, 2.05) is 22.6 Å². The second-order valence-electron chi connectivity index (χ2n) is 10.9. The van der Waals surface area contributed by atoms with Gasteiger partial charge in [-0.1, -0.05) is 74.0 Å². The molecule has 15 nitrogen and oxygen atoms in total. The minimum atomic E-state index is -1.19. The molecule has 0 saturated heterocycles. The molecule has 0 saturated carbocycles. The van der Waals surface area contributed by atoms with Gasteiger partial charge in [0.15, 0.2) is 0 Å². The third-order valence-corrected chi connectivity index (χ3v) is 7.46. The van der Waals surface area contributed by atoms with Gasteiger partial charge in [-0.25, -0.2) is 4.79 Å². The Hall–Kier alpha value is -2.57. The predicted octanol–water partition coefficient (Wildman–Crippen LogP) is 1.94. The van der Waals surface area contributed by atoms with Crippen LogP contribution in [-0.4, -0.2) is 116 Å².